The van der Waals surface area contributed by atoms with Crippen LogP contribution < -0.4 is 9.00 Å². The molecule has 0 heterocycles. The topological polar surface area (TPSA) is 37.3 Å². The molecule has 0 bridgehead atoms. The maximum atomic E-state index is 12.1. The van der Waals surface area contributed by atoms with E-state index in [9.17, 15) is 8.97 Å². The van der Waals surface area contributed by atoms with Crippen LogP contribution >= 0.6 is 0 Å². The summed E-state index contributed by atoms with van der Waals surface area (Å²) in [5.41, 5.74) is 0. The third-order valence-electron chi connectivity index (χ3n) is 1.89. The molecule has 0 amide bonds. The van der Waals surface area contributed by atoms with Gasteiger partial charge in [0, 0.05) is 0 Å². The molecule has 0 spiro atoms. The summed E-state index contributed by atoms with van der Waals surface area (Å²) >= 11 is -1.67. The molecule has 0 fully saturated rings. The fourth-order valence-corrected chi connectivity index (χ4v) is 2.61. The molecule has 2 aromatic rings. The van der Waals surface area contributed by atoms with Gasteiger partial charge in [-0.25, -0.2) is 0 Å². The van der Waals surface area contributed by atoms with Crippen molar-refractivity contribution in [2.45, 2.75) is 0 Å². The number of phenolic OH excluding ortho intramolecular Hbond substituents is 1. The van der Waals surface area contributed by atoms with Crippen LogP contribution in [-0.4, -0.2) is 5.11 Å². The summed E-state index contributed by atoms with van der Waals surface area (Å²) in [6.07, 6.45) is 0. The first-order valence-electron chi connectivity index (χ1n) is 4.43. The molecule has 0 aliphatic heterocycles. The van der Waals surface area contributed by atoms with E-state index in [-0.39, 0.29) is 5.75 Å². The minimum absolute atomic E-state index is 0.0846. The van der Waals surface area contributed by atoms with E-state index in [1.54, 1.807) is 36.4 Å². The van der Waals surface area contributed by atoms with Crippen molar-refractivity contribution in [3.05, 3.63) is 54.6 Å². The van der Waals surface area contributed by atoms with E-state index in [1.165, 1.54) is 0 Å². The van der Waals surface area contributed by atoms with E-state index in [4.69, 9.17) is 0 Å². The number of phenols is 1. The summed E-state index contributed by atoms with van der Waals surface area (Å²) in [6.45, 7) is 0. The van der Waals surface area contributed by atoms with Crippen molar-refractivity contribution < 1.29 is 22.6 Å². The van der Waals surface area contributed by atoms with E-state index in [0.717, 1.165) is 4.50 Å². The number of aromatic hydroxyl groups is 1. The summed E-state index contributed by atoms with van der Waals surface area (Å²) in [6, 6.07) is 15.8. The molecule has 79 valence electrons. The van der Waals surface area contributed by atoms with Crippen LogP contribution in [0.25, 0.3) is 0 Å². The van der Waals surface area contributed by atoms with Crippen molar-refractivity contribution >= 4 is 9.00 Å². The van der Waals surface area contributed by atoms with Gasteiger partial charge in [-0.05, 0) is 0 Å². The summed E-state index contributed by atoms with van der Waals surface area (Å²) in [5, 5.41) is 9.56. The van der Waals surface area contributed by atoms with Crippen LogP contribution in [0.4, 0.5) is 0 Å². The summed E-state index contributed by atoms with van der Waals surface area (Å²) in [7, 11) is 0. The number of para-hydroxylation sites is 1. The molecule has 0 aliphatic carbocycles. The Labute approximate surface area is 92.1 Å². The summed E-state index contributed by atoms with van der Waals surface area (Å²) in [5.74, 6) is 0.0846. The van der Waals surface area contributed by atoms with Crippen LogP contribution in [0, 0.1) is 0 Å². The molecule has 1 N–H and O–H groups in total. The average molecular weight is 245 g/mol. The van der Waals surface area contributed by atoms with Gasteiger partial charge in [-0.2, -0.15) is 0 Å². The number of rotatable bonds is 2. The normalized spacial score (nSPS) is 11.1. The van der Waals surface area contributed by atoms with Crippen LogP contribution in [0.15, 0.2) is 54.6 Å². The Balaban J connectivity index is 2.42. The Morgan fingerprint density at radius 3 is 2.13 bits per heavy atom. The second kappa shape index (κ2) is 4.38. The van der Waals surface area contributed by atoms with Gasteiger partial charge in [-0.1, -0.05) is 0 Å². The molecule has 3 heteroatoms. The third-order valence-corrected chi connectivity index (χ3v) is 3.73. The van der Waals surface area contributed by atoms with E-state index in [0.29, 0.717) is 4.50 Å². The summed E-state index contributed by atoms with van der Waals surface area (Å²) in [4.78, 5) is 0. The zero-order chi connectivity index (χ0) is 10.7. The first kappa shape index (κ1) is 10.1. The van der Waals surface area contributed by atoms with Gasteiger partial charge in [0.15, 0.2) is 0 Å². The molecule has 15 heavy (non-hydrogen) atoms. The summed E-state index contributed by atoms with van der Waals surface area (Å²) < 4.78 is 13.3. The molecule has 0 aromatic heterocycles. The molecule has 2 rings (SSSR count). The zero-order valence-electron chi connectivity index (χ0n) is 7.88. The average Bonchev–Trinajstić information content (AvgIpc) is 2.30. The van der Waals surface area contributed by atoms with Crippen molar-refractivity contribution in [1.82, 2.24) is 0 Å². The van der Waals surface area contributed by atoms with Crippen LogP contribution in [0.5, 0.6) is 5.75 Å². The van der Waals surface area contributed by atoms with Gasteiger partial charge in [0.2, 0.25) is 0 Å². The number of hydrogen-bond acceptors (Lipinski definition) is 2. The van der Waals surface area contributed by atoms with E-state index in [2.05, 4.69) is 0 Å². The standard InChI is InChI=1S/C6H5O.C6H5.Co.O/c7-6-4-2-1-3-5-6;1-2-4-6-5-3-1;;/h1-4,7H;1-5H;;. The van der Waals surface area contributed by atoms with Gasteiger partial charge in [0.25, 0.3) is 0 Å². The number of benzene rings is 2. The molecule has 0 saturated heterocycles. The molecule has 0 unspecified atom stereocenters. The fraction of sp³-hybridized carbons (Fsp3) is 0. The molecule has 0 atom stereocenters. The molecular formula is C12H10CoO2. The minimum atomic E-state index is -1.67. The van der Waals surface area contributed by atoms with Crippen molar-refractivity contribution in [3.8, 4) is 5.75 Å². The second-order valence-corrected chi connectivity index (χ2v) is 4.76. The Morgan fingerprint density at radius 1 is 0.867 bits per heavy atom. The second-order valence-electron chi connectivity index (χ2n) is 2.92. The van der Waals surface area contributed by atoms with E-state index < -0.39 is 13.6 Å². The van der Waals surface area contributed by atoms with Gasteiger partial charge in [0.05, 0.1) is 0 Å². The van der Waals surface area contributed by atoms with Gasteiger partial charge in [0.1, 0.15) is 0 Å². The van der Waals surface area contributed by atoms with Crippen molar-refractivity contribution in [3.63, 3.8) is 0 Å². The van der Waals surface area contributed by atoms with Gasteiger partial charge in [-0.15, -0.1) is 0 Å². The predicted molar refractivity (Wildman–Crippen MR) is 54.5 cm³/mol. The van der Waals surface area contributed by atoms with E-state index in [1.807, 2.05) is 18.2 Å². The molecule has 2 aromatic carbocycles. The van der Waals surface area contributed by atoms with E-state index >= 15 is 0 Å². The molecule has 2 nitrogen and oxygen atoms in total. The SMILES string of the molecule is [O]=[Co]([c]1ccccc1)[c]1ccccc1O. The Hall–Kier alpha value is -1.45. The molecule has 0 aliphatic rings. The first-order chi connectivity index (χ1) is 7.29. The third kappa shape index (κ3) is 2.14. The predicted octanol–water partition coefficient (Wildman–Crippen LogP) is 1.31. The van der Waals surface area contributed by atoms with Crippen molar-refractivity contribution in [1.29, 1.82) is 0 Å². The van der Waals surface area contributed by atoms with Crippen LogP contribution in [0.2, 0.25) is 0 Å². The molecule has 0 saturated carbocycles. The van der Waals surface area contributed by atoms with Crippen LogP contribution in [-0.2, 0) is 17.5 Å². The molecule has 0 radical (unpaired) electrons. The number of hydrogen-bond donors (Lipinski definition) is 1. The van der Waals surface area contributed by atoms with Crippen LogP contribution in [0.1, 0.15) is 0 Å². The van der Waals surface area contributed by atoms with Gasteiger partial charge in [-0.3, -0.25) is 0 Å². The van der Waals surface area contributed by atoms with Crippen molar-refractivity contribution in [2.24, 2.45) is 0 Å². The Bertz CT molecular complexity index is 480. The Morgan fingerprint density at radius 2 is 1.47 bits per heavy atom. The fourth-order valence-electron chi connectivity index (χ4n) is 1.18. The maximum absolute atomic E-state index is 12.1. The zero-order valence-corrected chi connectivity index (χ0v) is 8.93. The quantitative estimate of drug-likeness (QED) is 0.866. The van der Waals surface area contributed by atoms with Crippen LogP contribution in [0.3, 0.4) is 0 Å². The van der Waals surface area contributed by atoms with Gasteiger partial charge >= 0.3 is 91.9 Å². The van der Waals surface area contributed by atoms with Crippen molar-refractivity contribution in [2.75, 3.05) is 0 Å². The van der Waals surface area contributed by atoms with Gasteiger partial charge < -0.3 is 0 Å². The first-order valence-corrected chi connectivity index (χ1v) is 5.90. The Kier molecular flexibility index (Phi) is 2.94. The monoisotopic (exact) mass is 245 g/mol. The molecular weight excluding hydrogens is 235 g/mol.